The number of para-hydroxylation sites is 1. The van der Waals surface area contributed by atoms with Gasteiger partial charge < -0.3 is 15.2 Å². The number of ketones is 2. The van der Waals surface area contributed by atoms with Crippen molar-refractivity contribution < 1.29 is 28.0 Å². The first-order valence-electron chi connectivity index (χ1n) is 13.6. The van der Waals surface area contributed by atoms with Crippen LogP contribution in [0.25, 0.3) is 33.1 Å². The average Bonchev–Trinajstić information content (AvgIpc) is 3.70. The number of likely N-dealkylation sites (tertiary alicyclic amines) is 1. The number of Topliss-reactive ketones (excluding diaryl/α,β-unsaturated/α-hetero) is 2. The predicted molar refractivity (Wildman–Crippen MR) is 155 cm³/mol. The molecular weight excluding hydrogens is 558 g/mol. The maximum atomic E-state index is 15.8. The molecule has 1 aliphatic rings. The first-order chi connectivity index (χ1) is 20.6. The van der Waals surface area contributed by atoms with Gasteiger partial charge in [-0.25, -0.2) is 13.8 Å². The van der Waals surface area contributed by atoms with Crippen molar-refractivity contribution in [2.24, 2.45) is 0 Å². The Balaban J connectivity index is 1.25. The Morgan fingerprint density at radius 3 is 2.60 bits per heavy atom. The first-order valence-corrected chi connectivity index (χ1v) is 13.6. The maximum Gasteiger partial charge on any atom is 0.247 e. The van der Waals surface area contributed by atoms with Crippen molar-refractivity contribution in [1.29, 1.82) is 0 Å². The number of hydrogen-bond donors (Lipinski definition) is 2. The molecule has 43 heavy (non-hydrogen) atoms. The summed E-state index contributed by atoms with van der Waals surface area (Å²) in [5.41, 5.74) is 2.46. The van der Waals surface area contributed by atoms with Crippen LogP contribution in [0.4, 0.5) is 14.5 Å². The van der Waals surface area contributed by atoms with Gasteiger partial charge in [-0.15, -0.1) is 0 Å². The van der Waals surface area contributed by atoms with Crippen LogP contribution in [0.15, 0.2) is 60.9 Å². The summed E-state index contributed by atoms with van der Waals surface area (Å²) < 4.78 is 31.7. The lowest BCUT2D eigenvalue weighted by atomic mass is 9.99. The van der Waals surface area contributed by atoms with E-state index in [4.69, 9.17) is 0 Å². The Kier molecular flexibility index (Phi) is 7.04. The molecule has 218 valence electrons. The third kappa shape index (κ3) is 5.05. The van der Waals surface area contributed by atoms with Gasteiger partial charge in [0.25, 0.3) is 0 Å². The van der Waals surface area contributed by atoms with Crippen LogP contribution in [0.2, 0.25) is 0 Å². The summed E-state index contributed by atoms with van der Waals surface area (Å²) >= 11 is 0. The third-order valence-corrected chi connectivity index (χ3v) is 7.62. The van der Waals surface area contributed by atoms with Gasteiger partial charge in [0.15, 0.2) is 17.4 Å². The van der Waals surface area contributed by atoms with Gasteiger partial charge in [-0.3, -0.25) is 23.9 Å². The van der Waals surface area contributed by atoms with Gasteiger partial charge in [-0.2, -0.15) is 5.10 Å². The second kappa shape index (κ2) is 10.9. The van der Waals surface area contributed by atoms with E-state index in [0.29, 0.717) is 33.1 Å². The molecule has 0 unspecified atom stereocenters. The van der Waals surface area contributed by atoms with Crippen LogP contribution in [0, 0.1) is 5.82 Å². The number of aromatic nitrogens is 4. The quantitative estimate of drug-likeness (QED) is 0.267. The number of fused-ring (bicyclic) bond motifs is 2. The summed E-state index contributed by atoms with van der Waals surface area (Å²) in [4.78, 5) is 59.2. The fraction of sp³-hybridized carbons (Fsp3) is 0.226. The molecule has 0 spiro atoms. The zero-order valence-corrected chi connectivity index (χ0v) is 23.2. The lowest BCUT2D eigenvalue weighted by molar-refractivity contribution is -0.137. The number of nitrogens with zero attached hydrogens (tertiary/aromatic N) is 4. The zero-order valence-electron chi connectivity index (χ0n) is 23.2. The number of nitrogens with one attached hydrogen (secondary N) is 2. The van der Waals surface area contributed by atoms with Crippen LogP contribution in [0.5, 0.6) is 0 Å². The Hall–Kier alpha value is -5.26. The lowest BCUT2D eigenvalue weighted by Crippen LogP contribution is -2.44. The van der Waals surface area contributed by atoms with Gasteiger partial charge in [0.1, 0.15) is 24.5 Å². The Bertz CT molecular complexity index is 1950. The van der Waals surface area contributed by atoms with E-state index in [-0.39, 0.29) is 48.0 Å². The van der Waals surface area contributed by atoms with Crippen molar-refractivity contribution in [3.05, 3.63) is 78.0 Å². The summed E-state index contributed by atoms with van der Waals surface area (Å²) in [6, 6.07) is 13.4. The molecule has 1 aliphatic heterocycles. The largest absolute Gasteiger partial charge is 0.345 e. The van der Waals surface area contributed by atoms with E-state index in [1.807, 2.05) is 0 Å². The summed E-state index contributed by atoms with van der Waals surface area (Å²) in [5.74, 6) is -2.57. The minimum absolute atomic E-state index is 0.131. The van der Waals surface area contributed by atoms with E-state index in [2.05, 4.69) is 20.4 Å². The summed E-state index contributed by atoms with van der Waals surface area (Å²) in [6.07, 6.45) is -0.266. The minimum atomic E-state index is -1.45. The third-order valence-electron chi connectivity index (χ3n) is 7.62. The number of H-pyrrole nitrogens is 1. The number of halogens is 2. The molecule has 0 radical (unpaired) electrons. The van der Waals surface area contributed by atoms with Crippen LogP contribution in [0.3, 0.4) is 0 Å². The van der Waals surface area contributed by atoms with Gasteiger partial charge in [0.05, 0.1) is 35.1 Å². The molecule has 5 aromatic rings. The molecule has 12 heteroatoms. The highest BCUT2D eigenvalue weighted by atomic mass is 19.1. The second-order valence-corrected chi connectivity index (χ2v) is 10.5. The van der Waals surface area contributed by atoms with E-state index in [1.54, 1.807) is 36.4 Å². The van der Waals surface area contributed by atoms with E-state index in [0.717, 1.165) is 4.90 Å². The van der Waals surface area contributed by atoms with Crippen molar-refractivity contribution in [3.63, 3.8) is 0 Å². The highest BCUT2D eigenvalue weighted by Crippen LogP contribution is 2.32. The molecular formula is C31H26F2N6O4. The smallest absolute Gasteiger partial charge is 0.247 e. The topological polar surface area (TPSA) is 130 Å². The van der Waals surface area contributed by atoms with Crippen molar-refractivity contribution in [2.45, 2.75) is 39.0 Å². The highest BCUT2D eigenvalue weighted by Gasteiger charge is 2.40. The van der Waals surface area contributed by atoms with Gasteiger partial charge in [-0.1, -0.05) is 30.3 Å². The number of amides is 2. The number of anilines is 1. The van der Waals surface area contributed by atoms with Crippen molar-refractivity contribution in [2.75, 3.05) is 11.9 Å². The average molecular weight is 585 g/mol. The monoisotopic (exact) mass is 584 g/mol. The normalized spacial score (nSPS) is 16.6. The molecule has 0 aliphatic carbocycles. The van der Waals surface area contributed by atoms with E-state index in [1.165, 1.54) is 43.1 Å². The maximum absolute atomic E-state index is 15.8. The van der Waals surface area contributed by atoms with Crippen LogP contribution in [-0.2, 0) is 16.1 Å². The standard InChI is InChI=1S/C31H26F2N6O4/c1-16(40)22-10-18(11-24-30(22)35-15-34-24)20-7-5-8-23(28(20)33)36-31(43)26-12-19(32)13-38(26)27(42)14-39-25-9-4-3-6-21(25)29(37-39)17(2)41/h3-11,15,19,26H,12-14H2,1-2H3,(H,34,35)(H,36,43)/t19-,26+/m1/s1. The molecule has 0 saturated carbocycles. The van der Waals surface area contributed by atoms with Gasteiger partial charge in [0.2, 0.25) is 11.8 Å². The summed E-state index contributed by atoms with van der Waals surface area (Å²) in [5, 5.41) is 7.39. The van der Waals surface area contributed by atoms with E-state index < -0.39 is 29.8 Å². The number of benzene rings is 3. The molecule has 3 aromatic carbocycles. The molecule has 1 fully saturated rings. The van der Waals surface area contributed by atoms with Gasteiger partial charge in [0, 0.05) is 29.9 Å². The Morgan fingerprint density at radius 2 is 1.84 bits per heavy atom. The number of carbonyl (C=O) groups excluding carboxylic acids is 4. The number of rotatable bonds is 7. The Morgan fingerprint density at radius 1 is 1.05 bits per heavy atom. The first kappa shape index (κ1) is 27.9. The number of imidazole rings is 1. The SMILES string of the molecule is CC(=O)c1nn(CC(=O)N2C[C@H](F)C[C@H]2C(=O)Nc2cccc(-c3cc(C(C)=O)c4nc[nH]c4c3)c2F)c2ccccc12. The molecule has 2 amide bonds. The molecule has 6 rings (SSSR count). The van der Waals surface area contributed by atoms with Gasteiger partial charge >= 0.3 is 0 Å². The molecule has 2 N–H and O–H groups in total. The molecule has 1 saturated heterocycles. The summed E-state index contributed by atoms with van der Waals surface area (Å²) in [7, 11) is 0. The van der Waals surface area contributed by atoms with Crippen LogP contribution in [0.1, 0.15) is 41.1 Å². The molecule has 0 bridgehead atoms. The fourth-order valence-corrected chi connectivity index (χ4v) is 5.58. The summed E-state index contributed by atoms with van der Waals surface area (Å²) in [6.45, 7) is 2.14. The molecule has 10 nitrogen and oxygen atoms in total. The Labute approximate surface area is 243 Å². The molecule has 3 heterocycles. The van der Waals surface area contributed by atoms with Crippen LogP contribution < -0.4 is 5.32 Å². The molecule has 2 aromatic heterocycles. The second-order valence-electron chi connectivity index (χ2n) is 10.5. The number of hydrogen-bond acceptors (Lipinski definition) is 6. The van der Waals surface area contributed by atoms with Crippen molar-refractivity contribution >= 4 is 51.0 Å². The predicted octanol–water partition coefficient (Wildman–Crippen LogP) is 4.70. The van der Waals surface area contributed by atoms with E-state index in [9.17, 15) is 23.6 Å². The minimum Gasteiger partial charge on any atom is -0.345 e. The lowest BCUT2D eigenvalue weighted by Gasteiger charge is -2.24. The number of aromatic amines is 1. The van der Waals surface area contributed by atoms with Crippen molar-refractivity contribution in [3.8, 4) is 11.1 Å². The molecule has 2 atom stereocenters. The van der Waals surface area contributed by atoms with Gasteiger partial charge in [-0.05, 0) is 36.8 Å². The van der Waals surface area contributed by atoms with Crippen LogP contribution in [-0.4, -0.2) is 66.8 Å². The van der Waals surface area contributed by atoms with Crippen LogP contribution >= 0.6 is 0 Å². The van der Waals surface area contributed by atoms with Crippen molar-refractivity contribution in [1.82, 2.24) is 24.6 Å². The number of alkyl halides is 1. The fourth-order valence-electron chi connectivity index (χ4n) is 5.58. The van der Waals surface area contributed by atoms with E-state index >= 15 is 4.39 Å². The zero-order chi connectivity index (χ0) is 30.4. The highest BCUT2D eigenvalue weighted by molar-refractivity contribution is 6.07. The number of carbonyl (C=O) groups is 4.